The van der Waals surface area contributed by atoms with E-state index in [0.717, 1.165) is 12.1 Å². The van der Waals surface area contributed by atoms with Gasteiger partial charge >= 0.3 is 0 Å². The second-order valence-corrected chi connectivity index (χ2v) is 3.30. The van der Waals surface area contributed by atoms with Crippen LogP contribution < -0.4 is 5.32 Å². The quantitative estimate of drug-likeness (QED) is 0.764. The van der Waals surface area contributed by atoms with Crippen LogP contribution in [-0.4, -0.2) is 12.2 Å². The molecule has 2 aromatic rings. The summed E-state index contributed by atoms with van der Waals surface area (Å²) in [6, 6.07) is 10.3. The molecule has 0 radical (unpaired) electrons. The Bertz CT molecular complexity index is 503. The Kier molecular flexibility index (Phi) is 5.05. The van der Waals surface area contributed by atoms with Gasteiger partial charge in [-0.05, 0) is 24.3 Å². The molecule has 5 heteroatoms. The third-order valence-corrected chi connectivity index (χ3v) is 2.05. The number of hydrogen-bond donors (Lipinski definition) is 2. The van der Waals surface area contributed by atoms with Crippen LogP contribution in [0.4, 0.5) is 18.9 Å². The fourth-order valence-corrected chi connectivity index (χ4v) is 1.18. The minimum Gasteiger partial charge on any atom is -0.508 e. The molecule has 2 aromatic carbocycles. The standard InChI is InChI=1S/C7H6F3N.C6H6O/c1-11-7-5(9)3-2-4(8)6(7)10;7-6-4-2-1-3-5-6/h2-3,11H,1H3;1-5,7H. The summed E-state index contributed by atoms with van der Waals surface area (Å²) < 4.78 is 37.5. The van der Waals surface area contributed by atoms with Crippen molar-refractivity contribution in [2.45, 2.75) is 0 Å². The molecule has 0 atom stereocenters. The average Bonchev–Trinajstić information content (AvgIpc) is 2.37. The van der Waals surface area contributed by atoms with E-state index in [2.05, 4.69) is 5.32 Å². The average molecular weight is 255 g/mol. The molecule has 2 rings (SSSR count). The van der Waals surface area contributed by atoms with E-state index < -0.39 is 23.1 Å². The molecule has 0 aromatic heterocycles. The predicted octanol–water partition coefficient (Wildman–Crippen LogP) is 3.54. The van der Waals surface area contributed by atoms with Gasteiger partial charge in [-0.3, -0.25) is 0 Å². The maximum absolute atomic E-state index is 12.6. The molecular weight excluding hydrogens is 243 g/mol. The predicted molar refractivity (Wildman–Crippen MR) is 64.0 cm³/mol. The van der Waals surface area contributed by atoms with Crippen LogP contribution in [-0.2, 0) is 0 Å². The van der Waals surface area contributed by atoms with Crippen LogP contribution in [0.3, 0.4) is 0 Å². The van der Waals surface area contributed by atoms with Gasteiger partial charge in [0.05, 0.1) is 0 Å². The van der Waals surface area contributed by atoms with Crippen LogP contribution in [0, 0.1) is 17.5 Å². The zero-order valence-corrected chi connectivity index (χ0v) is 9.62. The van der Waals surface area contributed by atoms with Gasteiger partial charge < -0.3 is 10.4 Å². The van der Waals surface area contributed by atoms with Gasteiger partial charge in [-0.1, -0.05) is 18.2 Å². The van der Waals surface area contributed by atoms with E-state index in [4.69, 9.17) is 5.11 Å². The first-order chi connectivity index (χ1) is 8.56. The minimum atomic E-state index is -1.19. The summed E-state index contributed by atoms with van der Waals surface area (Å²) >= 11 is 0. The number of phenolic OH excluding ortho intramolecular Hbond substituents is 1. The smallest absolute Gasteiger partial charge is 0.184 e. The molecule has 0 aliphatic carbocycles. The largest absolute Gasteiger partial charge is 0.508 e. The van der Waals surface area contributed by atoms with Crippen molar-refractivity contribution in [1.29, 1.82) is 0 Å². The van der Waals surface area contributed by atoms with E-state index in [1.807, 2.05) is 6.07 Å². The van der Waals surface area contributed by atoms with Gasteiger partial charge in [0.25, 0.3) is 0 Å². The van der Waals surface area contributed by atoms with E-state index in [1.165, 1.54) is 7.05 Å². The number of phenols is 1. The normalized spacial score (nSPS) is 9.33. The molecule has 96 valence electrons. The van der Waals surface area contributed by atoms with Crippen LogP contribution in [0.1, 0.15) is 0 Å². The number of nitrogens with one attached hydrogen (secondary N) is 1. The topological polar surface area (TPSA) is 32.3 Å². The Labute approximate surface area is 103 Å². The first-order valence-corrected chi connectivity index (χ1v) is 5.11. The van der Waals surface area contributed by atoms with Crippen molar-refractivity contribution in [3.63, 3.8) is 0 Å². The molecule has 0 bridgehead atoms. The van der Waals surface area contributed by atoms with Crippen LogP contribution in [0.15, 0.2) is 42.5 Å². The van der Waals surface area contributed by atoms with Gasteiger partial charge in [-0.2, -0.15) is 0 Å². The molecule has 2 N–H and O–H groups in total. The molecule has 0 amide bonds. The second kappa shape index (κ2) is 6.54. The van der Waals surface area contributed by atoms with Crippen LogP contribution in [0.2, 0.25) is 0 Å². The number of rotatable bonds is 1. The van der Waals surface area contributed by atoms with Gasteiger partial charge in [-0.15, -0.1) is 0 Å². The maximum Gasteiger partial charge on any atom is 0.184 e. The van der Waals surface area contributed by atoms with Crippen molar-refractivity contribution in [3.8, 4) is 5.75 Å². The first kappa shape index (κ1) is 13.9. The summed E-state index contributed by atoms with van der Waals surface area (Å²) in [4.78, 5) is 0. The van der Waals surface area contributed by atoms with Crippen molar-refractivity contribution in [3.05, 3.63) is 59.9 Å². The summed E-state index contributed by atoms with van der Waals surface area (Å²) in [5, 5.41) is 10.8. The molecule has 0 aliphatic heterocycles. The molecule has 0 spiro atoms. The highest BCUT2D eigenvalue weighted by molar-refractivity contribution is 5.45. The molecule has 0 aliphatic rings. The second-order valence-electron chi connectivity index (χ2n) is 3.30. The summed E-state index contributed by atoms with van der Waals surface area (Å²) in [5.41, 5.74) is -0.440. The fraction of sp³-hybridized carbons (Fsp3) is 0.0769. The number of hydrogen-bond acceptors (Lipinski definition) is 2. The Morgan fingerprint density at radius 3 is 1.83 bits per heavy atom. The number of para-hydroxylation sites is 1. The van der Waals surface area contributed by atoms with E-state index in [0.29, 0.717) is 5.75 Å². The van der Waals surface area contributed by atoms with Crippen LogP contribution in [0.5, 0.6) is 5.75 Å². The number of benzene rings is 2. The zero-order valence-electron chi connectivity index (χ0n) is 9.62. The van der Waals surface area contributed by atoms with Gasteiger partial charge in [0.15, 0.2) is 11.6 Å². The summed E-state index contributed by atoms with van der Waals surface area (Å²) in [6.07, 6.45) is 0. The van der Waals surface area contributed by atoms with Crippen molar-refractivity contribution in [2.24, 2.45) is 0 Å². The Balaban J connectivity index is 0.000000199. The molecule has 18 heavy (non-hydrogen) atoms. The zero-order chi connectivity index (χ0) is 13.5. The van der Waals surface area contributed by atoms with E-state index in [1.54, 1.807) is 24.3 Å². The van der Waals surface area contributed by atoms with Gasteiger partial charge in [0.2, 0.25) is 0 Å². The van der Waals surface area contributed by atoms with Crippen molar-refractivity contribution in [2.75, 3.05) is 12.4 Å². The van der Waals surface area contributed by atoms with Crippen molar-refractivity contribution >= 4 is 5.69 Å². The third kappa shape index (κ3) is 3.69. The summed E-state index contributed by atoms with van der Waals surface area (Å²) in [6.45, 7) is 0. The van der Waals surface area contributed by atoms with Gasteiger partial charge in [-0.25, -0.2) is 13.2 Å². The first-order valence-electron chi connectivity index (χ1n) is 5.11. The molecule has 0 fully saturated rings. The van der Waals surface area contributed by atoms with E-state index in [-0.39, 0.29) is 0 Å². The van der Waals surface area contributed by atoms with Crippen molar-refractivity contribution < 1.29 is 18.3 Å². The van der Waals surface area contributed by atoms with Crippen molar-refractivity contribution in [1.82, 2.24) is 0 Å². The molecule has 0 unspecified atom stereocenters. The van der Waals surface area contributed by atoms with E-state index in [9.17, 15) is 13.2 Å². The maximum atomic E-state index is 12.6. The molecular formula is C13H12F3NO. The summed E-state index contributed by atoms with van der Waals surface area (Å²) in [5.74, 6) is -2.72. The summed E-state index contributed by atoms with van der Waals surface area (Å²) in [7, 11) is 1.32. The van der Waals surface area contributed by atoms with Gasteiger partial charge in [0.1, 0.15) is 17.3 Å². The lowest BCUT2D eigenvalue weighted by molar-refractivity contribution is 0.475. The highest BCUT2D eigenvalue weighted by Crippen LogP contribution is 2.19. The minimum absolute atomic E-state index is 0.322. The SMILES string of the molecule is CNc1c(F)ccc(F)c1F.Oc1ccccc1. The number of anilines is 1. The monoisotopic (exact) mass is 255 g/mol. The third-order valence-electron chi connectivity index (χ3n) is 2.05. The Morgan fingerprint density at radius 1 is 0.889 bits per heavy atom. The number of halogens is 3. The van der Waals surface area contributed by atoms with E-state index >= 15 is 0 Å². The van der Waals surface area contributed by atoms with Crippen LogP contribution >= 0.6 is 0 Å². The lowest BCUT2D eigenvalue weighted by Crippen LogP contribution is -1.98. The fourth-order valence-electron chi connectivity index (χ4n) is 1.18. The molecule has 0 saturated carbocycles. The van der Waals surface area contributed by atoms with Gasteiger partial charge in [0, 0.05) is 7.05 Å². The highest BCUT2D eigenvalue weighted by atomic mass is 19.2. The Morgan fingerprint density at radius 2 is 1.44 bits per heavy atom. The number of aromatic hydroxyl groups is 1. The molecule has 0 heterocycles. The lowest BCUT2D eigenvalue weighted by atomic mass is 10.3. The molecule has 2 nitrogen and oxygen atoms in total. The molecule has 0 saturated heterocycles. The lowest BCUT2D eigenvalue weighted by Gasteiger charge is -2.02. The Hall–Kier alpha value is -2.17. The highest BCUT2D eigenvalue weighted by Gasteiger charge is 2.10. The van der Waals surface area contributed by atoms with Crippen LogP contribution in [0.25, 0.3) is 0 Å².